The van der Waals surface area contributed by atoms with Crippen molar-refractivity contribution >= 4 is 26.7 Å². The molecule has 106 valence electrons. The molecule has 2 nitrogen and oxygen atoms in total. The molecule has 2 rings (SSSR count). The quantitative estimate of drug-likeness (QED) is 0.908. The fourth-order valence-electron chi connectivity index (χ4n) is 2.21. The van der Waals surface area contributed by atoms with Crippen LogP contribution in [0.4, 0.5) is 0 Å². The number of rotatable bonds is 4. The van der Waals surface area contributed by atoms with Crippen LogP contribution < -0.4 is 5.73 Å². The summed E-state index contributed by atoms with van der Waals surface area (Å²) >= 11 is 3.43. The first-order valence-corrected chi connectivity index (χ1v) is 8.56. The minimum absolute atomic E-state index is 0.219. The van der Waals surface area contributed by atoms with Crippen molar-refractivity contribution in [1.29, 1.82) is 0 Å². The molecule has 0 saturated heterocycles. The molecule has 0 radical (unpaired) electrons. The second-order valence-corrected chi connectivity index (χ2v) is 7.23. The summed E-state index contributed by atoms with van der Waals surface area (Å²) in [7, 11) is -1.11. The minimum Gasteiger partial charge on any atom is -0.323 e. The van der Waals surface area contributed by atoms with Crippen LogP contribution in [0.5, 0.6) is 0 Å². The molecule has 20 heavy (non-hydrogen) atoms. The summed E-state index contributed by atoms with van der Waals surface area (Å²) in [5.41, 5.74) is 9.66. The highest BCUT2D eigenvalue weighted by molar-refractivity contribution is 9.10. The molecule has 0 saturated carbocycles. The SMILES string of the molecule is Cc1ccc(C(N)CS(=O)c2ccccc2Br)c(C)c1. The number of halogens is 1. The van der Waals surface area contributed by atoms with Crippen LogP contribution in [0.3, 0.4) is 0 Å². The zero-order chi connectivity index (χ0) is 14.7. The summed E-state index contributed by atoms with van der Waals surface area (Å²) < 4.78 is 13.3. The Kier molecular flexibility index (Phi) is 5.13. The van der Waals surface area contributed by atoms with Crippen LogP contribution in [-0.2, 0) is 10.8 Å². The van der Waals surface area contributed by atoms with Crippen LogP contribution in [0, 0.1) is 13.8 Å². The molecule has 0 heterocycles. The molecule has 0 aliphatic heterocycles. The molecule has 0 amide bonds. The lowest BCUT2D eigenvalue weighted by Crippen LogP contribution is -2.19. The van der Waals surface area contributed by atoms with Gasteiger partial charge in [0.15, 0.2) is 0 Å². The van der Waals surface area contributed by atoms with Gasteiger partial charge < -0.3 is 5.73 Å². The van der Waals surface area contributed by atoms with Crippen LogP contribution in [-0.4, -0.2) is 9.96 Å². The Morgan fingerprint density at radius 1 is 1.20 bits per heavy atom. The molecule has 0 spiro atoms. The fraction of sp³-hybridized carbons (Fsp3) is 0.250. The Morgan fingerprint density at radius 3 is 2.55 bits per heavy atom. The fourth-order valence-corrected chi connectivity index (χ4v) is 4.24. The standard InChI is InChI=1S/C16H18BrNOS/c1-11-7-8-13(12(2)9-11)15(18)10-20(19)16-6-4-3-5-14(16)17/h3-9,15H,10,18H2,1-2H3. The lowest BCUT2D eigenvalue weighted by atomic mass is 10.0. The monoisotopic (exact) mass is 351 g/mol. The molecule has 0 aromatic heterocycles. The predicted octanol–water partition coefficient (Wildman–Crippen LogP) is 3.87. The molecular weight excluding hydrogens is 334 g/mol. The summed E-state index contributed by atoms with van der Waals surface area (Å²) in [5.74, 6) is 0.423. The number of hydrogen-bond donors (Lipinski definition) is 1. The van der Waals surface area contributed by atoms with Crippen LogP contribution in [0.2, 0.25) is 0 Å². The van der Waals surface area contributed by atoms with Crippen molar-refractivity contribution < 1.29 is 4.21 Å². The van der Waals surface area contributed by atoms with Gasteiger partial charge in [0.1, 0.15) is 0 Å². The van der Waals surface area contributed by atoms with Gasteiger partial charge in [-0.1, -0.05) is 35.9 Å². The molecule has 2 aromatic rings. The molecular formula is C16H18BrNOS. The Balaban J connectivity index is 2.17. The first-order chi connectivity index (χ1) is 9.49. The van der Waals surface area contributed by atoms with Crippen molar-refractivity contribution in [3.63, 3.8) is 0 Å². The van der Waals surface area contributed by atoms with Crippen molar-refractivity contribution in [1.82, 2.24) is 0 Å². The van der Waals surface area contributed by atoms with Gasteiger partial charge in [-0.25, -0.2) is 0 Å². The number of nitrogens with two attached hydrogens (primary N) is 1. The van der Waals surface area contributed by atoms with Crippen LogP contribution in [0.1, 0.15) is 22.7 Å². The third-order valence-corrected chi connectivity index (χ3v) is 5.70. The predicted molar refractivity (Wildman–Crippen MR) is 88.3 cm³/mol. The van der Waals surface area contributed by atoms with Gasteiger partial charge in [0, 0.05) is 16.3 Å². The maximum absolute atomic E-state index is 12.4. The van der Waals surface area contributed by atoms with Crippen molar-refractivity contribution in [3.8, 4) is 0 Å². The lowest BCUT2D eigenvalue weighted by Gasteiger charge is -2.15. The Bertz CT molecular complexity index is 642. The maximum atomic E-state index is 12.4. The smallest absolute Gasteiger partial charge is 0.0560 e. The molecule has 0 fully saturated rings. The van der Waals surface area contributed by atoms with E-state index in [0.717, 1.165) is 20.5 Å². The zero-order valence-electron chi connectivity index (χ0n) is 11.6. The van der Waals surface area contributed by atoms with Crippen molar-refractivity contribution in [2.45, 2.75) is 24.8 Å². The van der Waals surface area contributed by atoms with E-state index in [1.807, 2.05) is 43.3 Å². The highest BCUT2D eigenvalue weighted by atomic mass is 79.9. The average molecular weight is 352 g/mol. The van der Waals surface area contributed by atoms with E-state index in [2.05, 4.69) is 28.9 Å². The molecule has 0 aliphatic carbocycles. The Hall–Kier alpha value is -0.970. The normalized spacial score (nSPS) is 14.0. The van der Waals surface area contributed by atoms with Crippen molar-refractivity contribution in [3.05, 3.63) is 63.6 Å². The van der Waals surface area contributed by atoms with Gasteiger partial charge >= 0.3 is 0 Å². The van der Waals surface area contributed by atoms with Gasteiger partial charge in [0.05, 0.1) is 15.7 Å². The Labute approximate surface area is 131 Å². The third-order valence-electron chi connectivity index (χ3n) is 3.24. The van der Waals surface area contributed by atoms with E-state index >= 15 is 0 Å². The highest BCUT2D eigenvalue weighted by Crippen LogP contribution is 2.24. The molecule has 2 unspecified atom stereocenters. The average Bonchev–Trinajstić information content (AvgIpc) is 2.38. The van der Waals surface area contributed by atoms with Crippen LogP contribution in [0.25, 0.3) is 0 Å². The number of benzene rings is 2. The van der Waals surface area contributed by atoms with Gasteiger partial charge in [0.25, 0.3) is 0 Å². The van der Waals surface area contributed by atoms with Gasteiger partial charge in [-0.3, -0.25) is 4.21 Å². The summed E-state index contributed by atoms with van der Waals surface area (Å²) in [5, 5.41) is 0. The summed E-state index contributed by atoms with van der Waals surface area (Å²) in [6.45, 7) is 4.10. The first-order valence-electron chi connectivity index (χ1n) is 6.44. The van der Waals surface area contributed by atoms with E-state index in [1.54, 1.807) is 0 Å². The first kappa shape index (κ1) is 15.4. The minimum atomic E-state index is -1.11. The van der Waals surface area contributed by atoms with Gasteiger partial charge in [0.2, 0.25) is 0 Å². The van der Waals surface area contributed by atoms with Gasteiger partial charge in [-0.2, -0.15) is 0 Å². The van der Waals surface area contributed by atoms with Crippen molar-refractivity contribution in [2.75, 3.05) is 5.75 Å². The van der Waals surface area contributed by atoms with E-state index in [4.69, 9.17) is 5.73 Å². The van der Waals surface area contributed by atoms with E-state index in [1.165, 1.54) is 5.56 Å². The second kappa shape index (κ2) is 6.66. The molecule has 0 aliphatic rings. The Morgan fingerprint density at radius 2 is 1.90 bits per heavy atom. The maximum Gasteiger partial charge on any atom is 0.0560 e. The highest BCUT2D eigenvalue weighted by Gasteiger charge is 2.15. The van der Waals surface area contributed by atoms with E-state index in [9.17, 15) is 4.21 Å². The second-order valence-electron chi connectivity index (χ2n) is 4.91. The summed E-state index contributed by atoms with van der Waals surface area (Å²) in [6.07, 6.45) is 0. The zero-order valence-corrected chi connectivity index (χ0v) is 14.0. The van der Waals surface area contributed by atoms with Crippen LogP contribution in [0.15, 0.2) is 51.8 Å². The molecule has 2 atom stereocenters. The molecule has 2 aromatic carbocycles. The molecule has 4 heteroatoms. The molecule has 0 bridgehead atoms. The van der Waals surface area contributed by atoms with E-state index < -0.39 is 10.8 Å². The van der Waals surface area contributed by atoms with Gasteiger partial charge in [-0.05, 0) is 53.0 Å². The third kappa shape index (κ3) is 3.57. The van der Waals surface area contributed by atoms with Crippen LogP contribution >= 0.6 is 15.9 Å². The topological polar surface area (TPSA) is 43.1 Å². The summed E-state index contributed by atoms with van der Waals surface area (Å²) in [4.78, 5) is 0.799. The number of hydrogen-bond acceptors (Lipinski definition) is 2. The largest absolute Gasteiger partial charge is 0.323 e. The lowest BCUT2D eigenvalue weighted by molar-refractivity contribution is 0.674. The van der Waals surface area contributed by atoms with E-state index in [0.29, 0.717) is 5.75 Å². The van der Waals surface area contributed by atoms with E-state index in [-0.39, 0.29) is 6.04 Å². The van der Waals surface area contributed by atoms with Gasteiger partial charge in [-0.15, -0.1) is 0 Å². The number of aryl methyl sites for hydroxylation is 2. The van der Waals surface area contributed by atoms with Crippen molar-refractivity contribution in [2.24, 2.45) is 5.73 Å². The summed E-state index contributed by atoms with van der Waals surface area (Å²) in [6, 6.07) is 13.5. The molecule has 2 N–H and O–H groups in total.